The highest BCUT2D eigenvalue weighted by Crippen LogP contribution is 2.07. The Labute approximate surface area is 108 Å². The second-order valence-electron chi connectivity index (χ2n) is 4.50. The molecule has 1 rings (SSSR count). The molecule has 1 aliphatic rings. The van der Waals surface area contributed by atoms with E-state index in [-0.39, 0.29) is 24.5 Å². The Kier molecular flexibility index (Phi) is 6.67. The van der Waals surface area contributed by atoms with Gasteiger partial charge in [-0.25, -0.2) is 0 Å². The van der Waals surface area contributed by atoms with Crippen molar-refractivity contribution in [2.75, 3.05) is 40.3 Å². The summed E-state index contributed by atoms with van der Waals surface area (Å²) < 4.78 is 5.57. The molecule has 1 heterocycles. The van der Waals surface area contributed by atoms with Crippen molar-refractivity contribution >= 4 is 11.8 Å². The van der Waals surface area contributed by atoms with E-state index in [2.05, 4.69) is 10.6 Å². The molecule has 2 amide bonds. The maximum atomic E-state index is 11.7. The molecule has 1 aliphatic heterocycles. The molecule has 0 spiro atoms. The lowest BCUT2D eigenvalue weighted by molar-refractivity contribution is -0.137. The highest BCUT2D eigenvalue weighted by Gasteiger charge is 2.16. The van der Waals surface area contributed by atoms with Gasteiger partial charge in [-0.15, -0.1) is 0 Å². The van der Waals surface area contributed by atoms with Gasteiger partial charge < -0.3 is 20.3 Å². The normalized spacial score (nSPS) is 16.3. The summed E-state index contributed by atoms with van der Waals surface area (Å²) in [5, 5.41) is 5.77. The van der Waals surface area contributed by atoms with Gasteiger partial charge in [0.25, 0.3) is 0 Å². The second kappa shape index (κ2) is 8.05. The van der Waals surface area contributed by atoms with Crippen molar-refractivity contribution < 1.29 is 14.3 Å². The van der Waals surface area contributed by atoms with Crippen molar-refractivity contribution in [3.05, 3.63) is 0 Å². The first-order valence-corrected chi connectivity index (χ1v) is 6.40. The molecule has 0 unspecified atom stereocenters. The van der Waals surface area contributed by atoms with Crippen LogP contribution >= 0.6 is 0 Å². The van der Waals surface area contributed by atoms with E-state index in [1.54, 1.807) is 14.1 Å². The van der Waals surface area contributed by atoms with Crippen LogP contribution in [-0.2, 0) is 14.3 Å². The molecule has 0 radical (unpaired) electrons. The van der Waals surface area contributed by atoms with Gasteiger partial charge in [0.05, 0.1) is 6.10 Å². The van der Waals surface area contributed by atoms with E-state index in [0.717, 1.165) is 25.9 Å². The third kappa shape index (κ3) is 5.46. The van der Waals surface area contributed by atoms with Gasteiger partial charge in [-0.2, -0.15) is 0 Å². The van der Waals surface area contributed by atoms with E-state index in [0.29, 0.717) is 13.0 Å². The van der Waals surface area contributed by atoms with Gasteiger partial charge in [0.1, 0.15) is 6.61 Å². The molecule has 2 N–H and O–H groups in total. The summed E-state index contributed by atoms with van der Waals surface area (Å²) in [5.74, 6) is -0.133. The number of rotatable bonds is 6. The van der Waals surface area contributed by atoms with E-state index in [4.69, 9.17) is 4.74 Å². The number of likely N-dealkylation sites (N-methyl/N-ethyl adjacent to an activating group) is 1. The van der Waals surface area contributed by atoms with Crippen LogP contribution in [0.25, 0.3) is 0 Å². The number of amides is 2. The Balaban J connectivity index is 2.16. The smallest absolute Gasteiger partial charge is 0.248 e. The fraction of sp³-hybridized carbons (Fsp3) is 0.833. The molecule has 0 atom stereocenters. The molecular weight excluding hydrogens is 234 g/mol. The lowest BCUT2D eigenvalue weighted by Crippen LogP contribution is -2.37. The predicted octanol–water partition coefficient (Wildman–Crippen LogP) is -0.650. The van der Waals surface area contributed by atoms with Crippen LogP contribution in [0, 0.1) is 0 Å². The highest BCUT2D eigenvalue weighted by molar-refractivity contribution is 5.79. The average molecular weight is 257 g/mol. The van der Waals surface area contributed by atoms with Crippen molar-refractivity contribution in [2.24, 2.45) is 0 Å². The van der Waals surface area contributed by atoms with E-state index < -0.39 is 0 Å². The molecule has 0 aromatic rings. The lowest BCUT2D eigenvalue weighted by Gasteiger charge is -2.24. The van der Waals surface area contributed by atoms with Gasteiger partial charge in [-0.05, 0) is 25.9 Å². The minimum atomic E-state index is -0.0718. The van der Waals surface area contributed by atoms with E-state index >= 15 is 0 Å². The number of nitrogens with one attached hydrogen (secondary N) is 2. The zero-order valence-electron chi connectivity index (χ0n) is 11.2. The molecule has 6 nitrogen and oxygen atoms in total. The van der Waals surface area contributed by atoms with Crippen molar-refractivity contribution in [3.63, 3.8) is 0 Å². The zero-order chi connectivity index (χ0) is 13.4. The van der Waals surface area contributed by atoms with Crippen LogP contribution in [0.2, 0.25) is 0 Å². The number of nitrogens with zero attached hydrogens (tertiary/aromatic N) is 1. The maximum Gasteiger partial charge on any atom is 0.248 e. The number of piperidine rings is 1. The minimum Gasteiger partial charge on any atom is -0.368 e. The number of carbonyl (C=O) groups excluding carboxylic acids is 2. The SMILES string of the molecule is CNC(=O)CCN(C)C(=O)COC1CCNCC1. The Morgan fingerprint density at radius 2 is 2.06 bits per heavy atom. The summed E-state index contributed by atoms with van der Waals surface area (Å²) >= 11 is 0. The van der Waals surface area contributed by atoms with Gasteiger partial charge in [0.2, 0.25) is 11.8 Å². The molecule has 0 aromatic carbocycles. The standard InChI is InChI=1S/C12H23N3O3/c1-13-11(16)5-8-15(2)12(17)9-18-10-3-6-14-7-4-10/h10,14H,3-9H2,1-2H3,(H,13,16). The van der Waals surface area contributed by atoms with Gasteiger partial charge in [-0.1, -0.05) is 0 Å². The summed E-state index contributed by atoms with van der Waals surface area (Å²) in [6.07, 6.45) is 2.42. The van der Waals surface area contributed by atoms with Crippen LogP contribution in [0.15, 0.2) is 0 Å². The number of hydrogen-bond acceptors (Lipinski definition) is 4. The van der Waals surface area contributed by atoms with Crippen LogP contribution in [0.1, 0.15) is 19.3 Å². The van der Waals surface area contributed by atoms with Gasteiger partial charge in [0, 0.05) is 27.1 Å². The van der Waals surface area contributed by atoms with E-state index in [1.165, 1.54) is 4.90 Å². The van der Waals surface area contributed by atoms with Gasteiger partial charge in [0.15, 0.2) is 0 Å². The van der Waals surface area contributed by atoms with E-state index in [9.17, 15) is 9.59 Å². The first kappa shape index (κ1) is 14.9. The topological polar surface area (TPSA) is 70.7 Å². The summed E-state index contributed by atoms with van der Waals surface area (Å²) in [6, 6.07) is 0. The maximum absolute atomic E-state index is 11.7. The molecule has 1 fully saturated rings. The number of hydrogen-bond donors (Lipinski definition) is 2. The molecular formula is C12H23N3O3. The van der Waals surface area contributed by atoms with Crippen LogP contribution in [0.3, 0.4) is 0 Å². The van der Waals surface area contributed by atoms with E-state index in [1.807, 2.05) is 0 Å². The van der Waals surface area contributed by atoms with Crippen molar-refractivity contribution in [1.82, 2.24) is 15.5 Å². The summed E-state index contributed by atoms with van der Waals surface area (Å²) in [6.45, 7) is 2.43. The van der Waals surface area contributed by atoms with Crippen LogP contribution in [0.5, 0.6) is 0 Å². The van der Waals surface area contributed by atoms with Gasteiger partial charge >= 0.3 is 0 Å². The molecule has 6 heteroatoms. The molecule has 1 saturated heterocycles. The van der Waals surface area contributed by atoms with Crippen molar-refractivity contribution in [3.8, 4) is 0 Å². The highest BCUT2D eigenvalue weighted by atomic mass is 16.5. The Bertz CT molecular complexity index is 278. The fourth-order valence-corrected chi connectivity index (χ4v) is 1.78. The minimum absolute atomic E-state index is 0.0612. The Morgan fingerprint density at radius 1 is 1.39 bits per heavy atom. The zero-order valence-corrected chi connectivity index (χ0v) is 11.2. The number of ether oxygens (including phenoxy) is 1. The monoisotopic (exact) mass is 257 g/mol. The molecule has 18 heavy (non-hydrogen) atoms. The third-order valence-corrected chi connectivity index (χ3v) is 3.11. The fourth-order valence-electron chi connectivity index (χ4n) is 1.78. The molecule has 0 aliphatic carbocycles. The lowest BCUT2D eigenvalue weighted by atomic mass is 10.1. The first-order chi connectivity index (χ1) is 8.63. The summed E-state index contributed by atoms with van der Waals surface area (Å²) in [7, 11) is 3.28. The van der Waals surface area contributed by atoms with Crippen LogP contribution in [-0.4, -0.2) is 63.2 Å². The van der Waals surface area contributed by atoms with Crippen LogP contribution in [0.4, 0.5) is 0 Å². The van der Waals surface area contributed by atoms with Crippen molar-refractivity contribution in [1.29, 1.82) is 0 Å². The second-order valence-corrected chi connectivity index (χ2v) is 4.50. The largest absolute Gasteiger partial charge is 0.368 e. The molecule has 0 bridgehead atoms. The third-order valence-electron chi connectivity index (χ3n) is 3.11. The molecule has 104 valence electrons. The Morgan fingerprint density at radius 3 is 2.67 bits per heavy atom. The number of carbonyl (C=O) groups is 2. The van der Waals surface area contributed by atoms with Gasteiger partial charge in [-0.3, -0.25) is 9.59 Å². The van der Waals surface area contributed by atoms with Crippen LogP contribution < -0.4 is 10.6 Å². The molecule has 0 saturated carbocycles. The predicted molar refractivity (Wildman–Crippen MR) is 68.2 cm³/mol. The quantitative estimate of drug-likeness (QED) is 0.663. The average Bonchev–Trinajstić information content (AvgIpc) is 2.42. The Hall–Kier alpha value is -1.14. The first-order valence-electron chi connectivity index (χ1n) is 6.40. The summed E-state index contributed by atoms with van der Waals surface area (Å²) in [4.78, 5) is 24.3. The summed E-state index contributed by atoms with van der Waals surface area (Å²) in [5.41, 5.74) is 0. The molecule has 0 aromatic heterocycles. The van der Waals surface area contributed by atoms with Crippen molar-refractivity contribution in [2.45, 2.75) is 25.4 Å².